The summed E-state index contributed by atoms with van der Waals surface area (Å²) in [6, 6.07) is 4.57. The molecule has 2 heterocycles. The first-order valence-corrected chi connectivity index (χ1v) is 8.87. The third-order valence-electron chi connectivity index (χ3n) is 3.94. The Bertz CT molecular complexity index is 559. The van der Waals surface area contributed by atoms with Gasteiger partial charge in [0, 0.05) is 34.7 Å². The summed E-state index contributed by atoms with van der Waals surface area (Å²) in [7, 11) is -0.975. The van der Waals surface area contributed by atoms with Gasteiger partial charge in [-0.05, 0) is 18.1 Å². The van der Waals surface area contributed by atoms with Crippen molar-refractivity contribution >= 4 is 10.8 Å². The lowest BCUT2D eigenvalue weighted by atomic mass is 9.99. The van der Waals surface area contributed by atoms with Crippen molar-refractivity contribution in [2.45, 2.75) is 55.8 Å². The van der Waals surface area contributed by atoms with Crippen LogP contribution < -0.4 is 14.8 Å². The van der Waals surface area contributed by atoms with Gasteiger partial charge in [-0.25, -0.2) is 0 Å². The van der Waals surface area contributed by atoms with Gasteiger partial charge in [-0.3, -0.25) is 4.21 Å². The lowest BCUT2D eigenvalue weighted by Gasteiger charge is -2.32. The number of fused-ring (bicyclic) bond motifs is 2. The number of hydrogen-bond acceptors (Lipinski definition) is 4. The fourth-order valence-corrected chi connectivity index (χ4v) is 4.43. The molecule has 2 aliphatic rings. The van der Waals surface area contributed by atoms with Gasteiger partial charge in [0.15, 0.2) is 11.5 Å². The quantitative estimate of drug-likeness (QED) is 0.912. The molecule has 116 valence electrons. The van der Waals surface area contributed by atoms with Gasteiger partial charge in [0.05, 0.1) is 24.0 Å². The molecule has 3 unspecified atom stereocenters. The van der Waals surface area contributed by atoms with Crippen LogP contribution in [0.25, 0.3) is 0 Å². The molecular formula is C16H23NO3S. The van der Waals surface area contributed by atoms with Crippen LogP contribution in [-0.4, -0.2) is 28.7 Å². The standard InChI is InChI=1S/C16H23NO3S/c1-10(2)17-13-7-11(3)21(18)16-9-15-14(8-12(13)16)19-5-4-6-20-15/h8-11,13,17H,4-7H2,1-3H3. The second-order valence-corrected chi connectivity index (χ2v) is 7.94. The van der Waals surface area contributed by atoms with Crippen molar-refractivity contribution in [1.82, 2.24) is 5.32 Å². The minimum atomic E-state index is -0.975. The van der Waals surface area contributed by atoms with Gasteiger partial charge >= 0.3 is 0 Å². The molecule has 0 fully saturated rings. The van der Waals surface area contributed by atoms with Crippen LogP contribution in [0.4, 0.5) is 0 Å². The highest BCUT2D eigenvalue weighted by Crippen LogP contribution is 2.41. The van der Waals surface area contributed by atoms with Crippen LogP contribution in [0.15, 0.2) is 17.0 Å². The summed E-state index contributed by atoms with van der Waals surface area (Å²) >= 11 is 0. The van der Waals surface area contributed by atoms with E-state index < -0.39 is 10.8 Å². The van der Waals surface area contributed by atoms with Crippen molar-refractivity contribution in [3.05, 3.63) is 17.7 Å². The molecule has 0 spiro atoms. The van der Waals surface area contributed by atoms with E-state index in [0.29, 0.717) is 19.3 Å². The minimum absolute atomic E-state index is 0.151. The molecule has 3 atom stereocenters. The Balaban J connectivity index is 2.05. The van der Waals surface area contributed by atoms with E-state index in [0.717, 1.165) is 34.8 Å². The minimum Gasteiger partial charge on any atom is -0.490 e. The van der Waals surface area contributed by atoms with E-state index in [2.05, 4.69) is 26.1 Å². The fourth-order valence-electron chi connectivity index (χ4n) is 2.98. The van der Waals surface area contributed by atoms with Gasteiger partial charge < -0.3 is 14.8 Å². The number of hydrogen-bond donors (Lipinski definition) is 1. The molecule has 0 aliphatic carbocycles. The first kappa shape index (κ1) is 14.9. The molecule has 5 heteroatoms. The van der Waals surface area contributed by atoms with Gasteiger partial charge in [-0.1, -0.05) is 20.8 Å². The molecular weight excluding hydrogens is 286 g/mol. The Morgan fingerprint density at radius 3 is 2.57 bits per heavy atom. The zero-order chi connectivity index (χ0) is 15.0. The maximum Gasteiger partial charge on any atom is 0.162 e. The van der Waals surface area contributed by atoms with Crippen LogP contribution in [-0.2, 0) is 10.8 Å². The lowest BCUT2D eigenvalue weighted by Crippen LogP contribution is -2.35. The molecule has 21 heavy (non-hydrogen) atoms. The van der Waals surface area contributed by atoms with Crippen molar-refractivity contribution in [3.8, 4) is 11.5 Å². The molecule has 0 amide bonds. The highest BCUT2D eigenvalue weighted by atomic mass is 32.2. The van der Waals surface area contributed by atoms with Gasteiger partial charge in [0.25, 0.3) is 0 Å². The van der Waals surface area contributed by atoms with Crippen LogP contribution in [0, 0.1) is 0 Å². The normalized spacial score (nSPS) is 28.1. The maximum absolute atomic E-state index is 12.6. The average Bonchev–Trinajstić information content (AvgIpc) is 2.67. The summed E-state index contributed by atoms with van der Waals surface area (Å²) < 4.78 is 24.1. The predicted molar refractivity (Wildman–Crippen MR) is 83.5 cm³/mol. The molecule has 3 rings (SSSR count). The average molecular weight is 309 g/mol. The smallest absolute Gasteiger partial charge is 0.162 e. The summed E-state index contributed by atoms with van der Waals surface area (Å²) in [5.41, 5.74) is 1.10. The molecule has 2 aliphatic heterocycles. The molecule has 0 radical (unpaired) electrons. The lowest BCUT2D eigenvalue weighted by molar-refractivity contribution is 0.296. The van der Waals surface area contributed by atoms with E-state index in [9.17, 15) is 4.21 Å². The van der Waals surface area contributed by atoms with Crippen LogP contribution in [0.2, 0.25) is 0 Å². The molecule has 0 bridgehead atoms. The van der Waals surface area contributed by atoms with E-state index in [4.69, 9.17) is 9.47 Å². The Morgan fingerprint density at radius 1 is 1.24 bits per heavy atom. The first-order chi connectivity index (χ1) is 10.1. The zero-order valence-electron chi connectivity index (χ0n) is 12.8. The largest absolute Gasteiger partial charge is 0.490 e. The molecule has 0 aromatic heterocycles. The second-order valence-electron chi connectivity index (χ2n) is 6.10. The number of nitrogens with one attached hydrogen (secondary N) is 1. The fraction of sp³-hybridized carbons (Fsp3) is 0.625. The summed E-state index contributed by atoms with van der Waals surface area (Å²) in [5.74, 6) is 1.52. The van der Waals surface area contributed by atoms with Crippen molar-refractivity contribution in [1.29, 1.82) is 0 Å². The van der Waals surface area contributed by atoms with E-state index >= 15 is 0 Å². The molecule has 0 saturated heterocycles. The molecule has 1 aromatic rings. The Morgan fingerprint density at radius 2 is 1.90 bits per heavy atom. The highest BCUT2D eigenvalue weighted by molar-refractivity contribution is 7.85. The topological polar surface area (TPSA) is 47.6 Å². The van der Waals surface area contributed by atoms with E-state index in [-0.39, 0.29) is 11.3 Å². The third-order valence-corrected chi connectivity index (χ3v) is 5.65. The van der Waals surface area contributed by atoms with E-state index in [1.807, 2.05) is 12.1 Å². The molecule has 1 N–H and O–H groups in total. The van der Waals surface area contributed by atoms with E-state index in [1.165, 1.54) is 0 Å². The highest BCUT2D eigenvalue weighted by Gasteiger charge is 2.32. The summed E-state index contributed by atoms with van der Waals surface area (Å²) in [6.07, 6.45) is 1.77. The van der Waals surface area contributed by atoms with Gasteiger partial charge in [-0.2, -0.15) is 0 Å². The molecule has 0 saturated carbocycles. The summed E-state index contributed by atoms with van der Waals surface area (Å²) in [4.78, 5) is 0.899. The number of ether oxygens (including phenoxy) is 2. The van der Waals surface area contributed by atoms with Crippen molar-refractivity contribution in [3.63, 3.8) is 0 Å². The zero-order valence-corrected chi connectivity index (χ0v) is 13.7. The first-order valence-electron chi connectivity index (χ1n) is 7.66. The van der Waals surface area contributed by atoms with Gasteiger partial charge in [0.1, 0.15) is 0 Å². The Hall–Kier alpha value is -1.07. The second kappa shape index (κ2) is 5.97. The van der Waals surface area contributed by atoms with Gasteiger partial charge in [-0.15, -0.1) is 0 Å². The van der Waals surface area contributed by atoms with E-state index in [1.54, 1.807) is 0 Å². The summed E-state index contributed by atoms with van der Waals surface area (Å²) in [5, 5.41) is 3.73. The third kappa shape index (κ3) is 2.94. The monoisotopic (exact) mass is 309 g/mol. The van der Waals surface area contributed by atoms with Crippen LogP contribution >= 0.6 is 0 Å². The van der Waals surface area contributed by atoms with Crippen molar-refractivity contribution < 1.29 is 13.7 Å². The number of benzene rings is 1. The summed E-state index contributed by atoms with van der Waals surface area (Å²) in [6.45, 7) is 7.66. The van der Waals surface area contributed by atoms with Crippen molar-refractivity contribution in [2.75, 3.05) is 13.2 Å². The molecule has 1 aromatic carbocycles. The van der Waals surface area contributed by atoms with Crippen LogP contribution in [0.1, 0.15) is 45.2 Å². The van der Waals surface area contributed by atoms with Crippen molar-refractivity contribution in [2.24, 2.45) is 0 Å². The Labute approximate surface area is 128 Å². The van der Waals surface area contributed by atoms with Gasteiger partial charge in [0.2, 0.25) is 0 Å². The Kier molecular flexibility index (Phi) is 4.22. The van der Waals surface area contributed by atoms with Crippen LogP contribution in [0.5, 0.6) is 11.5 Å². The van der Waals surface area contributed by atoms with Crippen LogP contribution in [0.3, 0.4) is 0 Å². The predicted octanol–water partition coefficient (Wildman–Crippen LogP) is 2.79. The SMILES string of the molecule is CC(C)NC1CC(C)S(=O)c2cc3c(cc21)OCCCO3. The number of rotatable bonds is 2. The maximum atomic E-state index is 12.6. The molecule has 4 nitrogen and oxygen atoms in total.